The maximum atomic E-state index is 12.2. The molecule has 0 fully saturated rings. The number of nitrogens with one attached hydrogen (secondary N) is 2. The molecule has 0 bridgehead atoms. The molecule has 116 valence electrons. The molecule has 0 atom stereocenters. The first kappa shape index (κ1) is 15.7. The van der Waals surface area contributed by atoms with E-state index in [1.807, 2.05) is 6.92 Å². The lowest BCUT2D eigenvalue weighted by Crippen LogP contribution is -2.24. The van der Waals surface area contributed by atoms with Crippen LogP contribution in [0, 0.1) is 0 Å². The number of sulfonamides is 1. The predicted molar refractivity (Wildman–Crippen MR) is 78.0 cm³/mol. The lowest BCUT2D eigenvalue weighted by molar-refractivity contribution is 0.562. The number of hydrogen-bond donors (Lipinski definition) is 2. The minimum absolute atomic E-state index is 0.168. The summed E-state index contributed by atoms with van der Waals surface area (Å²) >= 11 is 0. The van der Waals surface area contributed by atoms with Gasteiger partial charge in [-0.25, -0.2) is 13.1 Å². The van der Waals surface area contributed by atoms with E-state index in [9.17, 15) is 8.42 Å². The molecule has 0 unspecified atom stereocenters. The van der Waals surface area contributed by atoms with Gasteiger partial charge in [-0.3, -0.25) is 9.36 Å². The fourth-order valence-electron chi connectivity index (χ4n) is 1.80. The average Bonchev–Trinajstić information content (AvgIpc) is 3.06. The smallest absolute Gasteiger partial charge is 0.244 e. The Hall–Kier alpha value is -1.71. The average molecular weight is 312 g/mol. The molecule has 9 heteroatoms. The van der Waals surface area contributed by atoms with Gasteiger partial charge in [0.1, 0.15) is 4.90 Å². The Bertz CT molecular complexity index is 675. The van der Waals surface area contributed by atoms with E-state index in [0.29, 0.717) is 6.54 Å². The van der Waals surface area contributed by atoms with Crippen LogP contribution in [0.5, 0.6) is 0 Å². The van der Waals surface area contributed by atoms with Crippen molar-refractivity contribution in [1.82, 2.24) is 29.6 Å². The van der Waals surface area contributed by atoms with Crippen molar-refractivity contribution in [2.45, 2.75) is 24.9 Å². The summed E-state index contributed by atoms with van der Waals surface area (Å²) in [6.07, 6.45) is 4.52. The zero-order chi connectivity index (χ0) is 15.3. The molecular formula is C12H20N6O2S. The van der Waals surface area contributed by atoms with E-state index >= 15 is 0 Å². The number of likely N-dealkylation sites (N-methyl/N-ethyl adjacent to an activating group) is 1. The number of aromatic nitrogens is 4. The van der Waals surface area contributed by atoms with Gasteiger partial charge in [0.15, 0.2) is 0 Å². The Morgan fingerprint density at radius 3 is 2.81 bits per heavy atom. The normalized spacial score (nSPS) is 11.9. The van der Waals surface area contributed by atoms with Crippen LogP contribution in [0.4, 0.5) is 0 Å². The molecule has 0 aliphatic carbocycles. The van der Waals surface area contributed by atoms with Gasteiger partial charge in [-0.05, 0) is 12.6 Å². The first-order valence-electron chi connectivity index (χ1n) is 6.72. The molecule has 0 spiro atoms. The van der Waals surface area contributed by atoms with Crippen molar-refractivity contribution in [3.8, 4) is 0 Å². The van der Waals surface area contributed by atoms with E-state index in [2.05, 4.69) is 20.2 Å². The molecule has 2 rings (SSSR count). The molecule has 0 amide bonds. The zero-order valence-corrected chi connectivity index (χ0v) is 13.0. The monoisotopic (exact) mass is 312 g/mol. The topological polar surface area (TPSA) is 93.8 Å². The molecule has 0 radical (unpaired) electrons. The van der Waals surface area contributed by atoms with E-state index < -0.39 is 10.0 Å². The molecule has 2 aromatic rings. The van der Waals surface area contributed by atoms with Crippen LogP contribution in [0.15, 0.2) is 29.6 Å². The van der Waals surface area contributed by atoms with Crippen LogP contribution in [0.2, 0.25) is 0 Å². The van der Waals surface area contributed by atoms with E-state index in [1.54, 1.807) is 28.7 Å². The minimum Gasteiger partial charge on any atom is -0.315 e. The van der Waals surface area contributed by atoms with E-state index in [-0.39, 0.29) is 11.4 Å². The van der Waals surface area contributed by atoms with Crippen molar-refractivity contribution in [1.29, 1.82) is 0 Å². The van der Waals surface area contributed by atoms with Gasteiger partial charge < -0.3 is 5.32 Å². The summed E-state index contributed by atoms with van der Waals surface area (Å²) < 4.78 is 30.1. The Morgan fingerprint density at radius 1 is 1.33 bits per heavy atom. The minimum atomic E-state index is -3.56. The van der Waals surface area contributed by atoms with Crippen molar-refractivity contribution >= 4 is 10.0 Å². The Balaban J connectivity index is 1.97. The molecular weight excluding hydrogens is 292 g/mol. The van der Waals surface area contributed by atoms with Crippen LogP contribution < -0.4 is 10.0 Å². The summed E-state index contributed by atoms with van der Waals surface area (Å²) in [5.74, 6) is 0. The summed E-state index contributed by atoms with van der Waals surface area (Å²) in [4.78, 5) is 0.168. The van der Waals surface area contributed by atoms with Crippen LogP contribution in [0.3, 0.4) is 0 Å². The highest BCUT2D eigenvalue weighted by molar-refractivity contribution is 7.89. The highest BCUT2D eigenvalue weighted by Crippen LogP contribution is 2.08. The quantitative estimate of drug-likeness (QED) is 0.653. The van der Waals surface area contributed by atoms with Crippen LogP contribution in [0.1, 0.15) is 12.6 Å². The maximum absolute atomic E-state index is 12.2. The van der Waals surface area contributed by atoms with Crippen LogP contribution >= 0.6 is 0 Å². The van der Waals surface area contributed by atoms with Crippen molar-refractivity contribution in [2.24, 2.45) is 7.05 Å². The molecule has 2 heterocycles. The van der Waals surface area contributed by atoms with Crippen LogP contribution in [0.25, 0.3) is 0 Å². The van der Waals surface area contributed by atoms with E-state index in [0.717, 1.165) is 18.8 Å². The largest absolute Gasteiger partial charge is 0.315 e. The molecule has 2 N–H and O–H groups in total. The zero-order valence-electron chi connectivity index (χ0n) is 12.2. The number of aryl methyl sites for hydroxylation is 1. The van der Waals surface area contributed by atoms with Gasteiger partial charge in [-0.2, -0.15) is 10.2 Å². The van der Waals surface area contributed by atoms with Crippen molar-refractivity contribution in [3.63, 3.8) is 0 Å². The second-order valence-corrected chi connectivity index (χ2v) is 6.33. The summed E-state index contributed by atoms with van der Waals surface area (Å²) in [7, 11) is -1.79. The highest BCUT2D eigenvalue weighted by Gasteiger charge is 2.16. The second-order valence-electron chi connectivity index (χ2n) is 4.56. The van der Waals surface area contributed by atoms with Gasteiger partial charge in [-0.15, -0.1) is 0 Å². The Labute approximate surface area is 124 Å². The fourth-order valence-corrected chi connectivity index (χ4v) is 2.75. The summed E-state index contributed by atoms with van der Waals surface area (Å²) in [5, 5.41) is 11.2. The van der Waals surface area contributed by atoms with Crippen molar-refractivity contribution in [2.75, 3.05) is 13.1 Å². The van der Waals surface area contributed by atoms with Crippen LogP contribution in [-0.4, -0.2) is 41.1 Å². The first-order chi connectivity index (χ1) is 10.0. The Morgan fingerprint density at radius 2 is 2.14 bits per heavy atom. The summed E-state index contributed by atoms with van der Waals surface area (Å²) in [6.45, 7) is 4.46. The predicted octanol–water partition coefficient (Wildman–Crippen LogP) is -0.295. The van der Waals surface area contributed by atoms with Crippen LogP contribution in [-0.2, 0) is 30.2 Å². The standard InChI is InChI=1S/C12H20N6O2S/c1-3-13-6-7-18-10-12(9-15-18)21(19,20)16-8-11-4-5-14-17(11)2/h4-5,9-10,13,16H,3,6-8H2,1-2H3. The second kappa shape index (κ2) is 6.83. The molecule has 0 aromatic carbocycles. The van der Waals surface area contributed by atoms with Crippen molar-refractivity contribution in [3.05, 3.63) is 30.4 Å². The third-order valence-electron chi connectivity index (χ3n) is 3.05. The first-order valence-corrected chi connectivity index (χ1v) is 8.21. The van der Waals surface area contributed by atoms with Crippen molar-refractivity contribution < 1.29 is 8.42 Å². The fraction of sp³-hybridized carbons (Fsp3) is 0.500. The van der Waals surface area contributed by atoms with Gasteiger partial charge >= 0.3 is 0 Å². The third-order valence-corrected chi connectivity index (χ3v) is 4.41. The number of rotatable bonds is 8. The third kappa shape index (κ3) is 4.13. The molecule has 0 aliphatic rings. The summed E-state index contributed by atoms with van der Waals surface area (Å²) in [6, 6.07) is 1.77. The molecule has 0 saturated heterocycles. The lowest BCUT2D eigenvalue weighted by Gasteiger charge is -2.05. The molecule has 0 saturated carbocycles. The molecule has 2 aromatic heterocycles. The van der Waals surface area contributed by atoms with Gasteiger partial charge in [0.05, 0.1) is 25.0 Å². The number of nitrogens with zero attached hydrogens (tertiary/aromatic N) is 4. The summed E-state index contributed by atoms with van der Waals surface area (Å²) in [5.41, 5.74) is 0.790. The maximum Gasteiger partial charge on any atom is 0.244 e. The molecule has 8 nitrogen and oxygen atoms in total. The van der Waals surface area contributed by atoms with E-state index in [4.69, 9.17) is 0 Å². The number of hydrogen-bond acceptors (Lipinski definition) is 5. The lowest BCUT2D eigenvalue weighted by atomic mass is 10.4. The molecule has 0 aliphatic heterocycles. The van der Waals surface area contributed by atoms with E-state index in [1.165, 1.54) is 12.4 Å². The molecule has 21 heavy (non-hydrogen) atoms. The van der Waals surface area contributed by atoms with Gasteiger partial charge in [0, 0.05) is 26.0 Å². The Kier molecular flexibility index (Phi) is 5.10. The highest BCUT2D eigenvalue weighted by atomic mass is 32.2. The van der Waals surface area contributed by atoms with Gasteiger partial charge in [-0.1, -0.05) is 6.92 Å². The van der Waals surface area contributed by atoms with Gasteiger partial charge in [0.2, 0.25) is 10.0 Å². The SMILES string of the molecule is CCNCCn1cc(S(=O)(=O)NCc2ccnn2C)cn1. The van der Waals surface area contributed by atoms with Gasteiger partial charge in [0.25, 0.3) is 0 Å².